The summed E-state index contributed by atoms with van der Waals surface area (Å²) in [6.45, 7) is -0.390. The SMILES string of the molecule is COc1nn(CC(=O)Nc2ncc(F)cn2)c(=O)c2ccc(C3CC3)c(OC)c12. The molecule has 0 bridgehead atoms. The minimum Gasteiger partial charge on any atom is -0.496 e. The summed E-state index contributed by atoms with van der Waals surface area (Å²) in [6.07, 6.45) is 3.99. The number of amides is 1. The molecule has 1 aliphatic rings. The Hall–Kier alpha value is -3.56. The molecule has 0 saturated heterocycles. The molecule has 2 heterocycles. The summed E-state index contributed by atoms with van der Waals surface area (Å²) in [4.78, 5) is 32.5. The molecule has 0 aliphatic heterocycles. The number of nitrogens with one attached hydrogen (secondary N) is 1. The third-order valence-electron chi connectivity index (χ3n) is 4.66. The van der Waals surface area contributed by atoms with Crippen molar-refractivity contribution in [2.45, 2.75) is 25.3 Å². The van der Waals surface area contributed by atoms with Gasteiger partial charge in [0.25, 0.3) is 5.56 Å². The number of rotatable bonds is 6. The molecule has 0 atom stereocenters. The van der Waals surface area contributed by atoms with Gasteiger partial charge in [0.1, 0.15) is 12.3 Å². The molecule has 1 aliphatic carbocycles. The van der Waals surface area contributed by atoms with Crippen LogP contribution in [0.1, 0.15) is 24.3 Å². The standard InChI is InChI=1S/C19H18FN5O4/c1-28-16-12(10-3-4-10)5-6-13-15(16)17(29-2)24-25(18(13)27)9-14(26)23-19-21-7-11(20)8-22-19/h5-8,10H,3-4,9H2,1-2H3,(H,21,22,23,26). The highest BCUT2D eigenvalue weighted by molar-refractivity contribution is 5.94. The Balaban J connectivity index is 1.71. The number of nitrogens with zero attached hydrogens (tertiary/aromatic N) is 4. The van der Waals surface area contributed by atoms with Crippen molar-refractivity contribution in [1.29, 1.82) is 0 Å². The Bertz CT molecular complexity index is 1140. The first-order valence-electron chi connectivity index (χ1n) is 8.95. The van der Waals surface area contributed by atoms with Crippen molar-refractivity contribution in [1.82, 2.24) is 19.7 Å². The van der Waals surface area contributed by atoms with Crippen LogP contribution in [0.3, 0.4) is 0 Å². The first kappa shape index (κ1) is 18.8. The zero-order valence-corrected chi connectivity index (χ0v) is 15.8. The zero-order chi connectivity index (χ0) is 20.5. The van der Waals surface area contributed by atoms with Crippen LogP contribution in [-0.2, 0) is 11.3 Å². The van der Waals surface area contributed by atoms with Crippen LogP contribution in [0.5, 0.6) is 11.6 Å². The van der Waals surface area contributed by atoms with Crippen molar-refractivity contribution in [3.05, 3.63) is 46.3 Å². The van der Waals surface area contributed by atoms with Gasteiger partial charge in [0, 0.05) is 0 Å². The topological polar surface area (TPSA) is 108 Å². The van der Waals surface area contributed by atoms with E-state index in [4.69, 9.17) is 9.47 Å². The van der Waals surface area contributed by atoms with Crippen LogP contribution in [0.2, 0.25) is 0 Å². The molecule has 0 spiro atoms. The summed E-state index contributed by atoms with van der Waals surface area (Å²) in [5, 5.41) is 7.40. The van der Waals surface area contributed by atoms with E-state index in [0.29, 0.717) is 22.4 Å². The van der Waals surface area contributed by atoms with Gasteiger partial charge < -0.3 is 9.47 Å². The van der Waals surface area contributed by atoms with Gasteiger partial charge in [-0.3, -0.25) is 14.9 Å². The highest BCUT2D eigenvalue weighted by Gasteiger charge is 2.29. The van der Waals surface area contributed by atoms with Crippen molar-refractivity contribution in [3.63, 3.8) is 0 Å². The monoisotopic (exact) mass is 399 g/mol. The molecular weight excluding hydrogens is 381 g/mol. The quantitative estimate of drug-likeness (QED) is 0.674. The van der Waals surface area contributed by atoms with Gasteiger partial charge >= 0.3 is 0 Å². The number of methoxy groups -OCH3 is 2. The molecular formula is C19H18FN5O4. The Morgan fingerprint density at radius 1 is 1.24 bits per heavy atom. The molecule has 10 heteroatoms. The summed E-state index contributed by atoms with van der Waals surface area (Å²) < 4.78 is 24.8. The van der Waals surface area contributed by atoms with E-state index >= 15 is 0 Å². The fraction of sp³-hybridized carbons (Fsp3) is 0.316. The Morgan fingerprint density at radius 2 is 1.97 bits per heavy atom. The lowest BCUT2D eigenvalue weighted by Crippen LogP contribution is -2.30. The van der Waals surface area contributed by atoms with Crippen molar-refractivity contribution < 1.29 is 18.7 Å². The predicted molar refractivity (Wildman–Crippen MR) is 102 cm³/mol. The van der Waals surface area contributed by atoms with E-state index in [2.05, 4.69) is 20.4 Å². The van der Waals surface area contributed by atoms with E-state index in [1.54, 1.807) is 13.2 Å². The zero-order valence-electron chi connectivity index (χ0n) is 15.8. The van der Waals surface area contributed by atoms with Gasteiger partial charge in [-0.2, -0.15) is 0 Å². The highest BCUT2D eigenvalue weighted by atomic mass is 19.1. The van der Waals surface area contributed by atoms with Crippen LogP contribution >= 0.6 is 0 Å². The molecule has 2 aromatic heterocycles. The van der Waals surface area contributed by atoms with Gasteiger partial charge in [0.2, 0.25) is 17.7 Å². The molecule has 0 unspecified atom stereocenters. The summed E-state index contributed by atoms with van der Waals surface area (Å²) in [7, 11) is 2.98. The molecule has 29 heavy (non-hydrogen) atoms. The van der Waals surface area contributed by atoms with E-state index in [0.717, 1.165) is 35.5 Å². The number of anilines is 1. The Kier molecular flexibility index (Phi) is 4.83. The van der Waals surface area contributed by atoms with Crippen LogP contribution in [0.15, 0.2) is 29.3 Å². The first-order valence-corrected chi connectivity index (χ1v) is 8.95. The van der Waals surface area contributed by atoms with Crippen molar-refractivity contribution >= 4 is 22.6 Å². The fourth-order valence-corrected chi connectivity index (χ4v) is 3.20. The minimum absolute atomic E-state index is 0.0760. The molecule has 1 saturated carbocycles. The average molecular weight is 399 g/mol. The smallest absolute Gasteiger partial charge is 0.275 e. The second-order valence-corrected chi connectivity index (χ2v) is 6.63. The van der Waals surface area contributed by atoms with Crippen LogP contribution in [0.4, 0.5) is 10.3 Å². The van der Waals surface area contributed by atoms with Gasteiger partial charge in [0.05, 0.1) is 37.4 Å². The summed E-state index contributed by atoms with van der Waals surface area (Å²) >= 11 is 0. The maximum absolute atomic E-state index is 12.9. The third-order valence-corrected chi connectivity index (χ3v) is 4.66. The Morgan fingerprint density at radius 3 is 2.59 bits per heavy atom. The van der Waals surface area contributed by atoms with Crippen molar-refractivity contribution in [2.75, 3.05) is 19.5 Å². The van der Waals surface area contributed by atoms with Crippen molar-refractivity contribution in [3.8, 4) is 11.6 Å². The number of carbonyl (C=O) groups is 1. The van der Waals surface area contributed by atoms with Crippen molar-refractivity contribution in [2.24, 2.45) is 0 Å². The van der Waals surface area contributed by atoms with E-state index in [-0.39, 0.29) is 11.8 Å². The van der Waals surface area contributed by atoms with Gasteiger partial charge in [0.15, 0.2) is 5.82 Å². The number of hydrogen-bond donors (Lipinski definition) is 1. The molecule has 0 radical (unpaired) electrons. The van der Waals surface area contributed by atoms with Gasteiger partial charge in [-0.1, -0.05) is 6.07 Å². The van der Waals surface area contributed by atoms with E-state index in [9.17, 15) is 14.0 Å². The molecule has 1 N–H and O–H groups in total. The lowest BCUT2D eigenvalue weighted by Gasteiger charge is -2.15. The number of aromatic nitrogens is 4. The minimum atomic E-state index is -0.625. The summed E-state index contributed by atoms with van der Waals surface area (Å²) in [5.41, 5.74) is 0.556. The highest BCUT2D eigenvalue weighted by Crippen LogP contribution is 2.47. The molecule has 3 aromatic rings. The van der Waals surface area contributed by atoms with E-state index in [1.165, 1.54) is 7.11 Å². The third kappa shape index (κ3) is 3.60. The number of fused-ring (bicyclic) bond motifs is 1. The van der Waals surface area contributed by atoms with Gasteiger partial charge in [-0.15, -0.1) is 5.10 Å². The van der Waals surface area contributed by atoms with E-state index < -0.39 is 23.8 Å². The normalized spacial score (nSPS) is 13.3. The molecule has 1 aromatic carbocycles. The second kappa shape index (κ2) is 7.46. The predicted octanol–water partition coefficient (Wildman–Crippen LogP) is 1.86. The molecule has 4 rings (SSSR count). The maximum atomic E-state index is 12.9. The summed E-state index contributed by atoms with van der Waals surface area (Å²) in [5.74, 6) is -0.127. The van der Waals surface area contributed by atoms with Crippen LogP contribution < -0.4 is 20.3 Å². The molecule has 1 amide bonds. The first-order chi connectivity index (χ1) is 14.0. The average Bonchev–Trinajstić information content (AvgIpc) is 3.56. The number of halogens is 1. The van der Waals surface area contributed by atoms with Crippen LogP contribution in [-0.4, -0.2) is 39.9 Å². The van der Waals surface area contributed by atoms with Crippen LogP contribution in [0.25, 0.3) is 10.8 Å². The lowest BCUT2D eigenvalue weighted by atomic mass is 10.0. The Labute approximate surface area is 164 Å². The molecule has 9 nitrogen and oxygen atoms in total. The summed E-state index contributed by atoms with van der Waals surface area (Å²) in [6, 6.07) is 3.58. The lowest BCUT2D eigenvalue weighted by molar-refractivity contribution is -0.117. The second-order valence-electron chi connectivity index (χ2n) is 6.63. The maximum Gasteiger partial charge on any atom is 0.275 e. The largest absolute Gasteiger partial charge is 0.496 e. The number of benzene rings is 1. The van der Waals surface area contributed by atoms with Gasteiger partial charge in [-0.25, -0.2) is 19.0 Å². The van der Waals surface area contributed by atoms with Gasteiger partial charge in [-0.05, 0) is 30.4 Å². The van der Waals surface area contributed by atoms with E-state index in [1.807, 2.05) is 6.07 Å². The fourth-order valence-electron chi connectivity index (χ4n) is 3.20. The number of carbonyl (C=O) groups excluding carboxylic acids is 1. The molecule has 150 valence electrons. The number of ether oxygens (including phenoxy) is 2. The van der Waals surface area contributed by atoms with Crippen LogP contribution in [0, 0.1) is 5.82 Å². The number of hydrogen-bond acceptors (Lipinski definition) is 7. The molecule has 1 fully saturated rings.